The molecule has 5 rings (SSSR count). The number of nitrogens with zero attached hydrogens (tertiary/aromatic N) is 7. The summed E-state index contributed by atoms with van der Waals surface area (Å²) in [6.07, 6.45) is 2.08. The predicted octanol–water partition coefficient (Wildman–Crippen LogP) is 2.54. The number of anilines is 2. The molecule has 0 bridgehead atoms. The molecule has 9 heteroatoms. The smallest absolute Gasteiger partial charge is 0.218 e. The van der Waals surface area contributed by atoms with Crippen molar-refractivity contribution in [1.82, 2.24) is 24.6 Å². The second-order valence-corrected chi connectivity index (χ2v) is 9.20. The Morgan fingerprint density at radius 2 is 1.52 bits per heavy atom. The predicted molar refractivity (Wildman–Crippen MR) is 123 cm³/mol. The SMILES string of the molecule is CN1CCN(c2nnc(-n3cccc3CN3CCN(c4ccc(F)cc4)CC3)s2)CC1. The monoisotopic (exact) mass is 441 g/mol. The number of hydrogen-bond donors (Lipinski definition) is 0. The van der Waals surface area contributed by atoms with Crippen LogP contribution in [0.5, 0.6) is 0 Å². The molecule has 4 heterocycles. The fourth-order valence-electron chi connectivity index (χ4n) is 4.21. The minimum Gasteiger partial charge on any atom is -0.369 e. The second kappa shape index (κ2) is 8.94. The molecule has 0 saturated carbocycles. The van der Waals surface area contributed by atoms with E-state index in [2.05, 4.69) is 59.7 Å². The van der Waals surface area contributed by atoms with E-state index in [1.807, 2.05) is 12.1 Å². The fraction of sp³-hybridized carbons (Fsp3) is 0.455. The Labute approximate surface area is 186 Å². The van der Waals surface area contributed by atoms with Crippen LogP contribution in [-0.2, 0) is 6.54 Å². The standard InChI is InChI=1S/C22H28FN7S/c1-26-9-13-29(14-10-26)21-24-25-22(31-21)30-8-2-3-20(30)17-27-11-15-28(16-12-27)19-6-4-18(23)5-7-19/h2-8H,9-17H2,1H3. The van der Waals surface area contributed by atoms with E-state index in [-0.39, 0.29) is 5.82 Å². The zero-order chi connectivity index (χ0) is 21.2. The first-order valence-corrected chi connectivity index (χ1v) is 11.6. The van der Waals surface area contributed by atoms with Crippen LogP contribution in [0.15, 0.2) is 42.6 Å². The van der Waals surface area contributed by atoms with Crippen LogP contribution < -0.4 is 9.80 Å². The van der Waals surface area contributed by atoms with Gasteiger partial charge in [0.05, 0.1) is 0 Å². The Morgan fingerprint density at radius 3 is 2.26 bits per heavy atom. The molecule has 0 N–H and O–H groups in total. The Bertz CT molecular complexity index is 985. The third-order valence-electron chi connectivity index (χ3n) is 6.17. The van der Waals surface area contributed by atoms with Gasteiger partial charge in [0.1, 0.15) is 5.82 Å². The van der Waals surface area contributed by atoms with Gasteiger partial charge in [0, 0.05) is 76.5 Å². The first kappa shape index (κ1) is 20.4. The molecule has 2 aliphatic heterocycles. The molecular weight excluding hydrogens is 413 g/mol. The lowest BCUT2D eigenvalue weighted by atomic mass is 10.2. The zero-order valence-corrected chi connectivity index (χ0v) is 18.6. The normalized spacial score (nSPS) is 18.6. The van der Waals surface area contributed by atoms with E-state index in [4.69, 9.17) is 0 Å². The van der Waals surface area contributed by atoms with Gasteiger partial charge in [-0.05, 0) is 43.4 Å². The molecule has 31 heavy (non-hydrogen) atoms. The van der Waals surface area contributed by atoms with Crippen LogP contribution in [0, 0.1) is 5.82 Å². The van der Waals surface area contributed by atoms with Crippen LogP contribution in [0.3, 0.4) is 0 Å². The number of benzene rings is 1. The van der Waals surface area contributed by atoms with Crippen LogP contribution in [0.4, 0.5) is 15.2 Å². The van der Waals surface area contributed by atoms with Gasteiger partial charge in [-0.25, -0.2) is 4.39 Å². The number of hydrogen-bond acceptors (Lipinski definition) is 7. The molecule has 2 aliphatic rings. The summed E-state index contributed by atoms with van der Waals surface area (Å²) in [6.45, 7) is 8.85. The Balaban J connectivity index is 1.21. The molecule has 0 atom stereocenters. The summed E-state index contributed by atoms with van der Waals surface area (Å²) in [5.41, 5.74) is 2.33. The van der Waals surface area contributed by atoms with Crippen LogP contribution in [-0.4, -0.2) is 84.0 Å². The summed E-state index contributed by atoms with van der Waals surface area (Å²) in [4.78, 5) is 9.47. The molecule has 7 nitrogen and oxygen atoms in total. The summed E-state index contributed by atoms with van der Waals surface area (Å²) in [5.74, 6) is -0.185. The summed E-state index contributed by atoms with van der Waals surface area (Å²) in [5, 5.41) is 10.9. The molecule has 2 fully saturated rings. The highest BCUT2D eigenvalue weighted by atomic mass is 32.1. The highest BCUT2D eigenvalue weighted by Crippen LogP contribution is 2.26. The van der Waals surface area contributed by atoms with Crippen molar-refractivity contribution in [2.24, 2.45) is 0 Å². The highest BCUT2D eigenvalue weighted by Gasteiger charge is 2.21. The summed E-state index contributed by atoms with van der Waals surface area (Å²) >= 11 is 1.66. The first-order valence-electron chi connectivity index (χ1n) is 10.8. The minimum atomic E-state index is -0.185. The number of piperazine rings is 2. The summed E-state index contributed by atoms with van der Waals surface area (Å²) < 4.78 is 15.4. The topological polar surface area (TPSA) is 43.7 Å². The van der Waals surface area contributed by atoms with Crippen molar-refractivity contribution in [3.63, 3.8) is 0 Å². The van der Waals surface area contributed by atoms with Crippen molar-refractivity contribution >= 4 is 22.2 Å². The maximum atomic E-state index is 13.2. The number of halogens is 1. The van der Waals surface area contributed by atoms with Crippen molar-refractivity contribution in [2.75, 3.05) is 69.2 Å². The molecule has 164 valence electrons. The molecule has 2 aromatic heterocycles. The fourth-order valence-corrected chi connectivity index (χ4v) is 5.12. The van der Waals surface area contributed by atoms with Gasteiger partial charge in [0.25, 0.3) is 0 Å². The van der Waals surface area contributed by atoms with Gasteiger partial charge >= 0.3 is 0 Å². The summed E-state index contributed by atoms with van der Waals surface area (Å²) in [7, 11) is 2.16. The Morgan fingerprint density at radius 1 is 0.839 bits per heavy atom. The largest absolute Gasteiger partial charge is 0.369 e. The van der Waals surface area contributed by atoms with Crippen molar-refractivity contribution in [3.8, 4) is 5.13 Å². The van der Waals surface area contributed by atoms with Gasteiger partial charge < -0.3 is 14.7 Å². The maximum Gasteiger partial charge on any atom is 0.218 e. The van der Waals surface area contributed by atoms with E-state index in [1.165, 1.54) is 17.8 Å². The average Bonchev–Trinajstić information content (AvgIpc) is 3.45. The third kappa shape index (κ3) is 4.58. The zero-order valence-electron chi connectivity index (χ0n) is 17.8. The van der Waals surface area contributed by atoms with Crippen LogP contribution >= 0.6 is 11.3 Å². The minimum absolute atomic E-state index is 0.185. The third-order valence-corrected chi connectivity index (χ3v) is 7.15. The molecular formula is C22H28FN7S. The lowest BCUT2D eigenvalue weighted by Crippen LogP contribution is -2.46. The van der Waals surface area contributed by atoms with Gasteiger partial charge in [-0.3, -0.25) is 9.47 Å². The molecule has 0 unspecified atom stereocenters. The highest BCUT2D eigenvalue weighted by molar-refractivity contribution is 7.17. The number of likely N-dealkylation sites (N-methyl/N-ethyl adjacent to an activating group) is 1. The van der Waals surface area contributed by atoms with E-state index in [0.717, 1.165) is 74.9 Å². The quantitative estimate of drug-likeness (QED) is 0.606. The van der Waals surface area contributed by atoms with E-state index < -0.39 is 0 Å². The van der Waals surface area contributed by atoms with E-state index in [9.17, 15) is 4.39 Å². The van der Waals surface area contributed by atoms with E-state index in [0.29, 0.717) is 0 Å². The van der Waals surface area contributed by atoms with Crippen molar-refractivity contribution in [2.45, 2.75) is 6.54 Å². The first-order chi connectivity index (χ1) is 15.2. The van der Waals surface area contributed by atoms with Crippen LogP contribution in [0.25, 0.3) is 5.13 Å². The summed E-state index contributed by atoms with van der Waals surface area (Å²) in [6, 6.07) is 11.1. The van der Waals surface area contributed by atoms with Crippen molar-refractivity contribution in [1.29, 1.82) is 0 Å². The molecule has 0 aliphatic carbocycles. The molecule has 1 aromatic carbocycles. The van der Waals surface area contributed by atoms with Gasteiger partial charge in [-0.2, -0.15) is 0 Å². The average molecular weight is 442 g/mol. The maximum absolute atomic E-state index is 13.2. The number of aromatic nitrogens is 3. The van der Waals surface area contributed by atoms with E-state index in [1.54, 1.807) is 11.3 Å². The van der Waals surface area contributed by atoms with Crippen molar-refractivity contribution < 1.29 is 4.39 Å². The Kier molecular flexibility index (Phi) is 5.89. The molecule has 0 spiro atoms. The lowest BCUT2D eigenvalue weighted by Gasteiger charge is -2.36. The lowest BCUT2D eigenvalue weighted by molar-refractivity contribution is 0.246. The number of rotatable bonds is 5. The van der Waals surface area contributed by atoms with Gasteiger partial charge in [0.2, 0.25) is 10.3 Å². The molecule has 0 radical (unpaired) electrons. The Hall–Kier alpha value is -2.49. The van der Waals surface area contributed by atoms with Crippen molar-refractivity contribution in [3.05, 3.63) is 54.1 Å². The van der Waals surface area contributed by atoms with Crippen LogP contribution in [0.2, 0.25) is 0 Å². The molecule has 0 amide bonds. The second-order valence-electron chi connectivity index (χ2n) is 8.27. The van der Waals surface area contributed by atoms with Crippen LogP contribution in [0.1, 0.15) is 5.69 Å². The molecule has 3 aromatic rings. The molecule has 2 saturated heterocycles. The van der Waals surface area contributed by atoms with Gasteiger partial charge in [-0.1, -0.05) is 11.3 Å². The van der Waals surface area contributed by atoms with E-state index >= 15 is 0 Å². The van der Waals surface area contributed by atoms with Gasteiger partial charge in [0.15, 0.2) is 0 Å². The van der Waals surface area contributed by atoms with Gasteiger partial charge in [-0.15, -0.1) is 10.2 Å².